The molecule has 1 amide bonds. The van der Waals surface area contributed by atoms with E-state index in [2.05, 4.69) is 5.32 Å². The lowest BCUT2D eigenvalue weighted by atomic mass is 10.1. The van der Waals surface area contributed by atoms with Crippen molar-refractivity contribution in [1.82, 2.24) is 5.32 Å². The molecule has 2 aromatic rings. The van der Waals surface area contributed by atoms with Gasteiger partial charge in [0.05, 0.1) is 0 Å². The zero-order valence-electron chi connectivity index (χ0n) is 11.2. The molecule has 0 saturated heterocycles. The van der Waals surface area contributed by atoms with Crippen LogP contribution in [0.3, 0.4) is 0 Å². The van der Waals surface area contributed by atoms with Crippen LogP contribution in [0.4, 0.5) is 0 Å². The van der Waals surface area contributed by atoms with Gasteiger partial charge < -0.3 is 14.8 Å². The van der Waals surface area contributed by atoms with Gasteiger partial charge in [-0.15, -0.1) is 0 Å². The van der Waals surface area contributed by atoms with Crippen molar-refractivity contribution in [2.45, 2.75) is 13.5 Å². The van der Waals surface area contributed by atoms with Crippen molar-refractivity contribution in [2.75, 3.05) is 6.79 Å². The van der Waals surface area contributed by atoms with E-state index < -0.39 is 0 Å². The summed E-state index contributed by atoms with van der Waals surface area (Å²) >= 11 is 0. The van der Waals surface area contributed by atoms with Gasteiger partial charge in [-0.1, -0.05) is 29.8 Å². The third kappa shape index (κ3) is 2.59. The first-order valence-corrected chi connectivity index (χ1v) is 6.46. The highest BCUT2D eigenvalue weighted by molar-refractivity contribution is 5.94. The van der Waals surface area contributed by atoms with Gasteiger partial charge in [0.25, 0.3) is 5.91 Å². The molecule has 0 fully saturated rings. The molecule has 2 aromatic carbocycles. The Kier molecular flexibility index (Phi) is 3.29. The highest BCUT2D eigenvalue weighted by Gasteiger charge is 2.15. The number of benzene rings is 2. The van der Waals surface area contributed by atoms with Crippen LogP contribution in [-0.2, 0) is 6.54 Å². The van der Waals surface area contributed by atoms with Gasteiger partial charge in [0.15, 0.2) is 11.5 Å². The van der Waals surface area contributed by atoms with E-state index in [1.807, 2.05) is 31.2 Å². The van der Waals surface area contributed by atoms with Crippen LogP contribution in [0.25, 0.3) is 0 Å². The van der Waals surface area contributed by atoms with E-state index >= 15 is 0 Å². The van der Waals surface area contributed by atoms with E-state index in [0.29, 0.717) is 23.6 Å². The third-order valence-electron chi connectivity index (χ3n) is 3.21. The third-order valence-corrected chi connectivity index (χ3v) is 3.21. The first kappa shape index (κ1) is 12.5. The average molecular weight is 269 g/mol. The summed E-state index contributed by atoms with van der Waals surface area (Å²) in [4.78, 5) is 12.1. The molecular formula is C16H15NO3. The molecule has 1 heterocycles. The smallest absolute Gasteiger partial charge is 0.251 e. The maximum Gasteiger partial charge on any atom is 0.251 e. The second kappa shape index (κ2) is 5.25. The van der Waals surface area contributed by atoms with Crippen LogP contribution in [0.1, 0.15) is 21.5 Å². The average Bonchev–Trinajstić information content (AvgIpc) is 2.93. The Morgan fingerprint density at radius 1 is 1.10 bits per heavy atom. The summed E-state index contributed by atoms with van der Waals surface area (Å²) in [6.45, 7) is 2.76. The molecule has 20 heavy (non-hydrogen) atoms. The molecule has 0 aliphatic carbocycles. The van der Waals surface area contributed by atoms with Gasteiger partial charge >= 0.3 is 0 Å². The van der Waals surface area contributed by atoms with E-state index in [-0.39, 0.29) is 12.7 Å². The molecule has 1 aliphatic rings. The Hall–Kier alpha value is -2.49. The van der Waals surface area contributed by atoms with Crippen molar-refractivity contribution in [1.29, 1.82) is 0 Å². The summed E-state index contributed by atoms with van der Waals surface area (Å²) in [5, 5.41) is 2.89. The number of hydrogen-bond acceptors (Lipinski definition) is 3. The summed E-state index contributed by atoms with van der Waals surface area (Å²) in [6, 6.07) is 13.3. The van der Waals surface area contributed by atoms with Gasteiger partial charge in [-0.2, -0.15) is 0 Å². The fourth-order valence-electron chi connectivity index (χ4n) is 2.03. The fourth-order valence-corrected chi connectivity index (χ4v) is 2.03. The first-order chi connectivity index (χ1) is 9.72. The van der Waals surface area contributed by atoms with Gasteiger partial charge in [-0.05, 0) is 30.7 Å². The molecule has 0 radical (unpaired) electrons. The number of carbonyl (C=O) groups excluding carboxylic acids is 1. The second-order valence-corrected chi connectivity index (χ2v) is 4.74. The van der Waals surface area contributed by atoms with Gasteiger partial charge in [-0.25, -0.2) is 0 Å². The van der Waals surface area contributed by atoms with Crippen molar-refractivity contribution >= 4 is 5.91 Å². The predicted molar refractivity (Wildman–Crippen MR) is 74.9 cm³/mol. The molecule has 0 aromatic heterocycles. The number of amides is 1. The van der Waals surface area contributed by atoms with Crippen LogP contribution >= 0.6 is 0 Å². The number of ether oxygens (including phenoxy) is 2. The molecule has 0 unspecified atom stereocenters. The molecule has 0 spiro atoms. The minimum atomic E-state index is -0.121. The Labute approximate surface area is 117 Å². The quantitative estimate of drug-likeness (QED) is 0.931. The number of carbonyl (C=O) groups is 1. The van der Waals surface area contributed by atoms with Crippen molar-refractivity contribution in [3.8, 4) is 11.5 Å². The van der Waals surface area contributed by atoms with Crippen LogP contribution < -0.4 is 14.8 Å². The normalized spacial score (nSPS) is 12.2. The summed E-state index contributed by atoms with van der Waals surface area (Å²) in [5.41, 5.74) is 2.85. The summed E-state index contributed by atoms with van der Waals surface area (Å²) in [5.74, 6) is 1.18. The van der Waals surface area contributed by atoms with E-state index in [4.69, 9.17) is 9.47 Å². The zero-order valence-corrected chi connectivity index (χ0v) is 11.2. The van der Waals surface area contributed by atoms with Crippen LogP contribution in [0.5, 0.6) is 11.5 Å². The minimum absolute atomic E-state index is 0.121. The van der Waals surface area contributed by atoms with Crippen LogP contribution in [0.15, 0.2) is 42.5 Å². The Morgan fingerprint density at radius 2 is 1.85 bits per heavy atom. The first-order valence-electron chi connectivity index (χ1n) is 6.46. The highest BCUT2D eigenvalue weighted by Crippen LogP contribution is 2.32. The number of nitrogens with one attached hydrogen (secondary N) is 1. The Morgan fingerprint density at radius 3 is 2.65 bits per heavy atom. The number of hydrogen-bond donors (Lipinski definition) is 1. The maximum absolute atomic E-state index is 12.1. The fraction of sp³-hybridized carbons (Fsp3) is 0.188. The second-order valence-electron chi connectivity index (χ2n) is 4.74. The Bertz CT molecular complexity index is 635. The molecule has 3 rings (SSSR count). The molecule has 1 N–H and O–H groups in total. The molecule has 1 aliphatic heterocycles. The van der Waals surface area contributed by atoms with E-state index in [9.17, 15) is 4.79 Å². The van der Waals surface area contributed by atoms with Gasteiger partial charge in [-0.3, -0.25) is 4.79 Å². The van der Waals surface area contributed by atoms with Crippen molar-refractivity contribution in [2.24, 2.45) is 0 Å². The monoisotopic (exact) mass is 269 g/mol. The van der Waals surface area contributed by atoms with Crippen LogP contribution in [0.2, 0.25) is 0 Å². The van der Waals surface area contributed by atoms with Crippen molar-refractivity contribution < 1.29 is 14.3 Å². The van der Waals surface area contributed by atoms with E-state index in [0.717, 1.165) is 5.56 Å². The van der Waals surface area contributed by atoms with Crippen molar-refractivity contribution in [3.63, 3.8) is 0 Å². The molecule has 0 bridgehead atoms. The van der Waals surface area contributed by atoms with Gasteiger partial charge in [0.1, 0.15) is 0 Å². The number of fused-ring (bicyclic) bond motifs is 1. The predicted octanol–water partition coefficient (Wildman–Crippen LogP) is 2.65. The standard InChI is InChI=1S/C16H15NO3/c1-11-2-4-12(5-3-11)9-17-16(18)13-6-7-14-15(8-13)20-10-19-14/h2-8H,9-10H2,1H3,(H,17,18). The van der Waals surface area contributed by atoms with Crippen molar-refractivity contribution in [3.05, 3.63) is 59.2 Å². The molecule has 4 nitrogen and oxygen atoms in total. The minimum Gasteiger partial charge on any atom is -0.454 e. The maximum atomic E-state index is 12.1. The Balaban J connectivity index is 1.66. The number of aryl methyl sites for hydroxylation is 1. The topological polar surface area (TPSA) is 47.6 Å². The van der Waals surface area contributed by atoms with Gasteiger partial charge in [0.2, 0.25) is 6.79 Å². The van der Waals surface area contributed by atoms with E-state index in [1.165, 1.54) is 5.56 Å². The molecular weight excluding hydrogens is 254 g/mol. The molecule has 102 valence electrons. The SMILES string of the molecule is Cc1ccc(CNC(=O)c2ccc3c(c2)OCO3)cc1. The van der Waals surface area contributed by atoms with E-state index in [1.54, 1.807) is 18.2 Å². The lowest BCUT2D eigenvalue weighted by molar-refractivity contribution is 0.0950. The highest BCUT2D eigenvalue weighted by atomic mass is 16.7. The van der Waals surface area contributed by atoms with Crippen LogP contribution in [-0.4, -0.2) is 12.7 Å². The summed E-state index contributed by atoms with van der Waals surface area (Å²) in [7, 11) is 0. The van der Waals surface area contributed by atoms with Crippen LogP contribution in [0, 0.1) is 6.92 Å². The molecule has 0 atom stereocenters. The number of rotatable bonds is 3. The lowest BCUT2D eigenvalue weighted by Crippen LogP contribution is -2.22. The van der Waals surface area contributed by atoms with Gasteiger partial charge in [0, 0.05) is 12.1 Å². The summed E-state index contributed by atoms with van der Waals surface area (Å²) in [6.07, 6.45) is 0. The zero-order chi connectivity index (χ0) is 13.9. The summed E-state index contributed by atoms with van der Waals surface area (Å²) < 4.78 is 10.5. The largest absolute Gasteiger partial charge is 0.454 e. The molecule has 4 heteroatoms. The lowest BCUT2D eigenvalue weighted by Gasteiger charge is -2.06. The molecule has 0 saturated carbocycles.